The van der Waals surface area contributed by atoms with Crippen LogP contribution in [0.4, 0.5) is 0 Å². The fraction of sp³-hybridized carbons (Fsp3) is 0.385. The number of carbonyl (C=O) groups excluding carboxylic acids is 1. The highest BCUT2D eigenvalue weighted by Crippen LogP contribution is 2.40. The molecule has 1 fully saturated rings. The molecule has 0 spiro atoms. The summed E-state index contributed by atoms with van der Waals surface area (Å²) in [5.74, 6) is 0.361. The predicted molar refractivity (Wildman–Crippen MR) is 76.3 cm³/mol. The molecule has 7 heteroatoms. The predicted octanol–water partition coefficient (Wildman–Crippen LogP) is 1.74. The van der Waals surface area contributed by atoms with Crippen molar-refractivity contribution >= 4 is 21.8 Å². The van der Waals surface area contributed by atoms with Gasteiger partial charge in [-0.3, -0.25) is 14.5 Å². The highest BCUT2D eigenvalue weighted by Gasteiger charge is 2.29. The van der Waals surface area contributed by atoms with E-state index in [2.05, 4.69) is 36.5 Å². The van der Waals surface area contributed by atoms with Crippen molar-refractivity contribution in [3.8, 4) is 0 Å². The van der Waals surface area contributed by atoms with E-state index in [4.69, 9.17) is 0 Å². The Kier molecular flexibility index (Phi) is 3.77. The van der Waals surface area contributed by atoms with Crippen LogP contribution in [0.15, 0.2) is 29.1 Å². The summed E-state index contributed by atoms with van der Waals surface area (Å²) in [7, 11) is 0. The first kappa shape index (κ1) is 13.2. The van der Waals surface area contributed by atoms with Gasteiger partial charge in [-0.1, -0.05) is 5.21 Å². The molecule has 1 saturated carbocycles. The zero-order chi connectivity index (χ0) is 13.9. The molecule has 2 heterocycles. The Hall–Kier alpha value is -1.76. The van der Waals surface area contributed by atoms with Gasteiger partial charge in [0.15, 0.2) is 0 Å². The minimum Gasteiger partial charge on any atom is -0.350 e. The maximum atomic E-state index is 12.3. The average molecular weight is 336 g/mol. The number of rotatable bonds is 5. The molecular weight excluding hydrogens is 322 g/mol. The van der Waals surface area contributed by atoms with Crippen LogP contribution in [0.2, 0.25) is 0 Å². The van der Waals surface area contributed by atoms with E-state index >= 15 is 0 Å². The smallest absolute Gasteiger partial charge is 0.253 e. The Balaban J connectivity index is 1.65. The van der Waals surface area contributed by atoms with Gasteiger partial charge in [0.1, 0.15) is 0 Å². The average Bonchev–Trinajstić information content (AvgIpc) is 3.15. The van der Waals surface area contributed by atoms with Gasteiger partial charge in [-0.05, 0) is 34.8 Å². The molecule has 0 aromatic carbocycles. The molecule has 3 rings (SSSR count). The van der Waals surface area contributed by atoms with Gasteiger partial charge in [0, 0.05) is 29.3 Å². The lowest BCUT2D eigenvalue weighted by Crippen LogP contribution is -2.28. The van der Waals surface area contributed by atoms with Crippen LogP contribution in [0.5, 0.6) is 0 Å². The number of nitrogens with zero attached hydrogens (tertiary/aromatic N) is 4. The fourth-order valence-corrected chi connectivity index (χ4v) is 2.38. The van der Waals surface area contributed by atoms with E-state index in [0.29, 0.717) is 24.6 Å². The molecule has 2 aromatic rings. The highest BCUT2D eigenvalue weighted by molar-refractivity contribution is 9.10. The molecule has 1 N–H and O–H groups in total. The molecular formula is C13H14BrN5O. The molecule has 0 aliphatic heterocycles. The molecule has 2 aromatic heterocycles. The Labute approximate surface area is 124 Å². The molecule has 1 aliphatic carbocycles. The van der Waals surface area contributed by atoms with Crippen molar-refractivity contribution in [2.45, 2.75) is 25.3 Å². The summed E-state index contributed by atoms with van der Waals surface area (Å²) in [5.41, 5.74) is 1.58. The summed E-state index contributed by atoms with van der Waals surface area (Å²) in [4.78, 5) is 16.6. The summed E-state index contributed by atoms with van der Waals surface area (Å²) < 4.78 is 2.50. The van der Waals surface area contributed by atoms with E-state index in [1.54, 1.807) is 23.3 Å². The number of hydrogen-bond acceptors (Lipinski definition) is 4. The van der Waals surface area contributed by atoms with Crippen LogP contribution < -0.4 is 5.32 Å². The highest BCUT2D eigenvalue weighted by atomic mass is 79.9. The van der Waals surface area contributed by atoms with Crippen molar-refractivity contribution < 1.29 is 4.79 Å². The Morgan fingerprint density at radius 1 is 1.50 bits per heavy atom. The first-order valence-corrected chi connectivity index (χ1v) is 7.31. The van der Waals surface area contributed by atoms with E-state index in [-0.39, 0.29) is 5.91 Å². The minimum atomic E-state index is -0.0826. The summed E-state index contributed by atoms with van der Waals surface area (Å²) >= 11 is 3.37. The van der Waals surface area contributed by atoms with Gasteiger partial charge >= 0.3 is 0 Å². The first-order valence-electron chi connectivity index (χ1n) is 6.52. The number of amides is 1. The van der Waals surface area contributed by atoms with Crippen molar-refractivity contribution in [1.82, 2.24) is 25.3 Å². The molecule has 0 saturated heterocycles. The zero-order valence-corrected chi connectivity index (χ0v) is 12.4. The zero-order valence-electron chi connectivity index (χ0n) is 10.8. The van der Waals surface area contributed by atoms with E-state index < -0.39 is 0 Å². The molecule has 0 radical (unpaired) electrons. The lowest BCUT2D eigenvalue weighted by Gasteiger charge is -2.09. The monoisotopic (exact) mass is 335 g/mol. The summed E-state index contributed by atoms with van der Waals surface area (Å²) in [5, 5.41) is 10.5. The van der Waals surface area contributed by atoms with Crippen molar-refractivity contribution in [2.24, 2.45) is 0 Å². The SMILES string of the molecule is O=C(NCCn1ccnn1)c1cc(Br)cnc1C1CC1. The lowest BCUT2D eigenvalue weighted by molar-refractivity contribution is 0.0950. The summed E-state index contributed by atoms with van der Waals surface area (Å²) in [6.45, 7) is 1.12. The van der Waals surface area contributed by atoms with Gasteiger partial charge < -0.3 is 5.32 Å². The number of nitrogens with one attached hydrogen (secondary N) is 1. The van der Waals surface area contributed by atoms with Crippen LogP contribution in [-0.2, 0) is 6.54 Å². The second kappa shape index (κ2) is 5.70. The number of pyridine rings is 1. The topological polar surface area (TPSA) is 72.7 Å². The van der Waals surface area contributed by atoms with E-state index in [1.165, 1.54) is 0 Å². The molecule has 104 valence electrons. The third-order valence-corrected chi connectivity index (χ3v) is 3.63. The molecule has 1 amide bonds. The molecule has 20 heavy (non-hydrogen) atoms. The van der Waals surface area contributed by atoms with Gasteiger partial charge in [0.25, 0.3) is 5.91 Å². The summed E-state index contributed by atoms with van der Waals surface area (Å²) in [6, 6.07) is 1.84. The van der Waals surface area contributed by atoms with Crippen LogP contribution >= 0.6 is 15.9 Å². The van der Waals surface area contributed by atoms with Gasteiger partial charge in [-0.2, -0.15) is 0 Å². The van der Waals surface area contributed by atoms with Crippen molar-refractivity contribution in [3.63, 3.8) is 0 Å². The number of hydrogen-bond donors (Lipinski definition) is 1. The van der Waals surface area contributed by atoms with E-state index in [1.807, 2.05) is 6.07 Å². The largest absolute Gasteiger partial charge is 0.350 e. The first-order chi connectivity index (χ1) is 9.74. The van der Waals surface area contributed by atoms with Gasteiger partial charge in [0.2, 0.25) is 0 Å². The maximum absolute atomic E-state index is 12.3. The van der Waals surface area contributed by atoms with Crippen LogP contribution in [0.25, 0.3) is 0 Å². The number of aromatic nitrogens is 4. The van der Waals surface area contributed by atoms with Crippen molar-refractivity contribution in [2.75, 3.05) is 6.54 Å². The van der Waals surface area contributed by atoms with E-state index in [0.717, 1.165) is 23.0 Å². The molecule has 0 unspecified atom stereocenters. The standard InChI is InChI=1S/C13H14BrN5O/c14-10-7-11(12(16-8-10)9-1-2-9)13(20)15-3-5-19-6-4-17-18-19/h4,6-9H,1-3,5H2,(H,15,20). The maximum Gasteiger partial charge on any atom is 0.253 e. The number of carbonyl (C=O) groups is 1. The third kappa shape index (κ3) is 3.04. The fourth-order valence-electron chi connectivity index (χ4n) is 2.04. The van der Waals surface area contributed by atoms with Gasteiger partial charge in [-0.25, -0.2) is 0 Å². The molecule has 6 nitrogen and oxygen atoms in total. The Bertz CT molecular complexity index is 609. The molecule has 1 aliphatic rings. The van der Waals surface area contributed by atoms with Crippen LogP contribution in [-0.4, -0.2) is 32.4 Å². The normalized spacial score (nSPS) is 14.2. The van der Waals surface area contributed by atoms with Crippen LogP contribution in [0.1, 0.15) is 34.8 Å². The Morgan fingerprint density at radius 2 is 2.35 bits per heavy atom. The quantitative estimate of drug-likeness (QED) is 0.903. The van der Waals surface area contributed by atoms with Gasteiger partial charge in [0.05, 0.1) is 24.0 Å². The molecule has 0 atom stereocenters. The Morgan fingerprint density at radius 3 is 3.05 bits per heavy atom. The summed E-state index contributed by atoms with van der Waals surface area (Å²) in [6.07, 6.45) is 7.37. The second-order valence-electron chi connectivity index (χ2n) is 4.78. The second-order valence-corrected chi connectivity index (χ2v) is 5.70. The van der Waals surface area contributed by atoms with E-state index in [9.17, 15) is 4.79 Å². The van der Waals surface area contributed by atoms with Crippen LogP contribution in [0.3, 0.4) is 0 Å². The molecule has 0 bridgehead atoms. The van der Waals surface area contributed by atoms with Crippen molar-refractivity contribution in [3.05, 3.63) is 40.4 Å². The number of halogens is 1. The van der Waals surface area contributed by atoms with Crippen LogP contribution in [0, 0.1) is 0 Å². The minimum absolute atomic E-state index is 0.0826. The lowest BCUT2D eigenvalue weighted by atomic mass is 10.1. The van der Waals surface area contributed by atoms with Crippen molar-refractivity contribution in [1.29, 1.82) is 0 Å². The third-order valence-electron chi connectivity index (χ3n) is 3.19. The van der Waals surface area contributed by atoms with Gasteiger partial charge in [-0.15, -0.1) is 5.10 Å².